The molecule has 0 bridgehead atoms. The van der Waals surface area contributed by atoms with Gasteiger partial charge >= 0.3 is 0 Å². The zero-order chi connectivity index (χ0) is 17.1. The van der Waals surface area contributed by atoms with Gasteiger partial charge in [0.05, 0.1) is 10.6 Å². The molecule has 1 aliphatic rings. The Morgan fingerprint density at radius 1 is 1.29 bits per heavy atom. The van der Waals surface area contributed by atoms with Gasteiger partial charge in [0.25, 0.3) is 5.91 Å². The molecule has 2 aromatic rings. The average Bonchev–Trinajstić information content (AvgIpc) is 3.08. The molecule has 3 rings (SSSR count). The third-order valence-electron chi connectivity index (χ3n) is 3.57. The second kappa shape index (κ2) is 6.84. The van der Waals surface area contributed by atoms with Gasteiger partial charge in [-0.1, -0.05) is 6.07 Å². The normalized spacial score (nSPS) is 15.9. The lowest BCUT2D eigenvalue weighted by molar-refractivity contribution is -0.122. The maximum absolute atomic E-state index is 12.0. The predicted molar refractivity (Wildman–Crippen MR) is 91.7 cm³/mol. The van der Waals surface area contributed by atoms with Crippen molar-refractivity contribution in [2.75, 3.05) is 10.6 Å². The largest absolute Gasteiger partial charge is 0.479 e. The summed E-state index contributed by atoms with van der Waals surface area (Å²) in [5.74, 6) is 0.0389. The van der Waals surface area contributed by atoms with Crippen LogP contribution in [0.2, 0.25) is 0 Å². The van der Waals surface area contributed by atoms with Crippen molar-refractivity contribution in [1.29, 1.82) is 0 Å². The van der Waals surface area contributed by atoms with Gasteiger partial charge in [-0.15, -0.1) is 11.3 Å². The van der Waals surface area contributed by atoms with Gasteiger partial charge in [0.2, 0.25) is 5.91 Å². The van der Waals surface area contributed by atoms with Gasteiger partial charge in [0.15, 0.2) is 11.9 Å². The Kier molecular flexibility index (Phi) is 4.61. The topological polar surface area (TPSA) is 84.5 Å². The fourth-order valence-corrected chi connectivity index (χ4v) is 2.99. The summed E-state index contributed by atoms with van der Waals surface area (Å²) >= 11 is 1.37. The van der Waals surface area contributed by atoms with Crippen LogP contribution >= 0.6 is 11.3 Å². The monoisotopic (exact) mass is 344 g/mol. The van der Waals surface area contributed by atoms with Crippen molar-refractivity contribution >= 4 is 40.3 Å². The second-order valence-corrected chi connectivity index (χ2v) is 6.36. The minimum Gasteiger partial charge on any atom is -0.479 e. The third-order valence-corrected chi connectivity index (χ3v) is 4.48. The van der Waals surface area contributed by atoms with Gasteiger partial charge < -0.3 is 15.4 Å². The highest BCUT2D eigenvalue weighted by Gasteiger charge is 2.23. The summed E-state index contributed by atoms with van der Waals surface area (Å²) in [6, 6.07) is 8.58. The van der Waals surface area contributed by atoms with Gasteiger partial charge in [-0.3, -0.25) is 14.4 Å². The molecule has 0 radical (unpaired) electrons. The number of thiophene rings is 1. The summed E-state index contributed by atoms with van der Waals surface area (Å²) in [5, 5.41) is 7.28. The number of ketones is 1. The van der Waals surface area contributed by atoms with Crippen LogP contribution in [0.25, 0.3) is 0 Å². The molecular weight excluding hydrogens is 328 g/mol. The van der Waals surface area contributed by atoms with E-state index in [-0.39, 0.29) is 30.4 Å². The Balaban J connectivity index is 1.58. The van der Waals surface area contributed by atoms with Crippen LogP contribution in [0, 0.1) is 0 Å². The van der Waals surface area contributed by atoms with Crippen LogP contribution in [-0.4, -0.2) is 23.7 Å². The Hall–Kier alpha value is -2.67. The minimum absolute atomic E-state index is 0.0414. The summed E-state index contributed by atoms with van der Waals surface area (Å²) in [5.41, 5.74) is 1.06. The number of fused-ring (bicyclic) bond motifs is 1. The number of amides is 2. The molecule has 24 heavy (non-hydrogen) atoms. The lowest BCUT2D eigenvalue weighted by Crippen LogP contribution is -2.34. The molecule has 0 spiro atoms. The smallest absolute Gasteiger partial charge is 0.265 e. The van der Waals surface area contributed by atoms with Crippen LogP contribution in [0.1, 0.15) is 29.4 Å². The van der Waals surface area contributed by atoms with Gasteiger partial charge in [-0.2, -0.15) is 0 Å². The molecule has 1 unspecified atom stereocenters. The fraction of sp³-hybridized carbons (Fsp3) is 0.235. The van der Waals surface area contributed by atoms with Crippen molar-refractivity contribution in [3.05, 3.63) is 40.6 Å². The first-order valence-electron chi connectivity index (χ1n) is 7.51. The van der Waals surface area contributed by atoms with E-state index in [0.29, 0.717) is 22.0 Å². The lowest BCUT2D eigenvalue weighted by Gasteiger charge is -2.23. The molecule has 0 saturated carbocycles. The Labute approximate surface area is 142 Å². The number of Topliss-reactive ketones (excluding diaryl/α,β-unsaturated/α-hetero) is 1. The Bertz CT molecular complexity index is 786. The molecule has 1 aromatic heterocycles. The lowest BCUT2D eigenvalue weighted by atomic mass is 10.1. The van der Waals surface area contributed by atoms with Gasteiger partial charge in [0.1, 0.15) is 5.75 Å². The van der Waals surface area contributed by atoms with Gasteiger partial charge in [0, 0.05) is 18.5 Å². The summed E-state index contributed by atoms with van der Waals surface area (Å²) in [6.45, 7) is 1.67. The molecule has 0 aliphatic carbocycles. The summed E-state index contributed by atoms with van der Waals surface area (Å²) in [4.78, 5) is 36.2. The molecule has 124 valence electrons. The quantitative estimate of drug-likeness (QED) is 0.817. The molecular formula is C17H16N2O4S. The highest BCUT2D eigenvalue weighted by Crippen LogP contribution is 2.32. The number of carbonyl (C=O) groups is 3. The van der Waals surface area contributed by atoms with Crippen molar-refractivity contribution < 1.29 is 19.1 Å². The summed E-state index contributed by atoms with van der Waals surface area (Å²) < 4.78 is 5.46. The van der Waals surface area contributed by atoms with E-state index >= 15 is 0 Å². The number of carbonyl (C=O) groups excluding carboxylic acids is 3. The molecule has 2 heterocycles. The van der Waals surface area contributed by atoms with E-state index in [4.69, 9.17) is 4.74 Å². The fourth-order valence-electron chi connectivity index (χ4n) is 2.30. The van der Waals surface area contributed by atoms with Gasteiger partial charge in [-0.05, 0) is 36.6 Å². The summed E-state index contributed by atoms with van der Waals surface area (Å²) in [6.07, 6.45) is -0.274. The van der Waals surface area contributed by atoms with E-state index in [1.54, 1.807) is 31.2 Å². The van der Waals surface area contributed by atoms with Crippen molar-refractivity contribution in [3.63, 3.8) is 0 Å². The number of benzene rings is 1. The maximum Gasteiger partial charge on any atom is 0.265 e. The molecule has 0 saturated heterocycles. The number of hydrogen-bond donors (Lipinski definition) is 2. The second-order valence-electron chi connectivity index (χ2n) is 5.41. The van der Waals surface area contributed by atoms with Crippen LogP contribution in [-0.2, 0) is 9.59 Å². The van der Waals surface area contributed by atoms with E-state index in [1.807, 2.05) is 11.4 Å². The molecule has 6 nitrogen and oxygen atoms in total. The first-order valence-corrected chi connectivity index (χ1v) is 8.39. The molecule has 1 atom stereocenters. The number of hydrogen-bond acceptors (Lipinski definition) is 5. The standard InChI is InChI=1S/C17H16N2O4S/c1-10-17(22)19-12-9-11(4-6-14(12)23-10)18-16(21)7-5-13(20)15-3-2-8-24-15/h2-4,6,8-10H,5,7H2,1H3,(H,18,21)(H,19,22). The van der Waals surface area contributed by atoms with Crippen molar-refractivity contribution in [2.24, 2.45) is 0 Å². The van der Waals surface area contributed by atoms with Gasteiger partial charge in [-0.25, -0.2) is 0 Å². The maximum atomic E-state index is 12.0. The first kappa shape index (κ1) is 16.2. The SMILES string of the molecule is CC1Oc2ccc(NC(=O)CCC(=O)c3cccs3)cc2NC1=O. The average molecular weight is 344 g/mol. The number of anilines is 2. The van der Waals surface area contributed by atoms with E-state index in [0.717, 1.165) is 0 Å². The van der Waals surface area contributed by atoms with Crippen LogP contribution in [0.15, 0.2) is 35.7 Å². The minimum atomic E-state index is -0.541. The number of rotatable bonds is 5. The van der Waals surface area contributed by atoms with E-state index in [9.17, 15) is 14.4 Å². The van der Waals surface area contributed by atoms with E-state index in [1.165, 1.54) is 11.3 Å². The van der Waals surface area contributed by atoms with E-state index in [2.05, 4.69) is 10.6 Å². The summed E-state index contributed by atoms with van der Waals surface area (Å²) in [7, 11) is 0. The zero-order valence-electron chi connectivity index (χ0n) is 13.0. The molecule has 7 heteroatoms. The van der Waals surface area contributed by atoms with Crippen LogP contribution in [0.3, 0.4) is 0 Å². The van der Waals surface area contributed by atoms with Crippen LogP contribution < -0.4 is 15.4 Å². The molecule has 0 fully saturated rings. The predicted octanol–water partition coefficient (Wildman–Crippen LogP) is 3.07. The van der Waals surface area contributed by atoms with Crippen molar-refractivity contribution in [3.8, 4) is 5.75 Å². The Morgan fingerprint density at radius 3 is 2.88 bits per heavy atom. The van der Waals surface area contributed by atoms with Crippen molar-refractivity contribution in [1.82, 2.24) is 0 Å². The Morgan fingerprint density at radius 2 is 2.12 bits per heavy atom. The molecule has 2 amide bonds. The zero-order valence-corrected chi connectivity index (χ0v) is 13.8. The highest BCUT2D eigenvalue weighted by atomic mass is 32.1. The third kappa shape index (κ3) is 3.62. The van der Waals surface area contributed by atoms with Crippen LogP contribution in [0.4, 0.5) is 11.4 Å². The number of nitrogens with one attached hydrogen (secondary N) is 2. The molecule has 2 N–H and O–H groups in total. The number of ether oxygens (including phenoxy) is 1. The first-order chi connectivity index (χ1) is 11.5. The highest BCUT2D eigenvalue weighted by molar-refractivity contribution is 7.12. The van der Waals surface area contributed by atoms with E-state index < -0.39 is 6.10 Å². The molecule has 1 aromatic carbocycles. The van der Waals surface area contributed by atoms with Crippen LogP contribution in [0.5, 0.6) is 5.75 Å². The van der Waals surface area contributed by atoms with Crippen molar-refractivity contribution in [2.45, 2.75) is 25.9 Å². The molecule has 1 aliphatic heterocycles.